The van der Waals surface area contributed by atoms with Gasteiger partial charge in [-0.05, 0) is 35.7 Å². The summed E-state index contributed by atoms with van der Waals surface area (Å²) in [4.78, 5) is 37.3. The molecule has 0 fully saturated rings. The predicted octanol–water partition coefficient (Wildman–Crippen LogP) is 2.29. The summed E-state index contributed by atoms with van der Waals surface area (Å²) >= 11 is 0. The zero-order valence-electron chi connectivity index (χ0n) is 13.0. The number of benzene rings is 1. The van der Waals surface area contributed by atoms with Crippen LogP contribution in [0.25, 0.3) is 0 Å². The van der Waals surface area contributed by atoms with Crippen molar-refractivity contribution in [3.05, 3.63) is 64.1 Å². The van der Waals surface area contributed by atoms with Gasteiger partial charge in [0, 0.05) is 11.9 Å². The van der Waals surface area contributed by atoms with Crippen LogP contribution in [0.3, 0.4) is 0 Å². The topological polar surface area (TPSA) is 88.3 Å². The maximum Gasteiger partial charge on any atom is 0.344 e. The Labute approximate surface area is 133 Å². The van der Waals surface area contributed by atoms with Gasteiger partial charge in [0.25, 0.3) is 11.5 Å². The molecule has 1 aromatic heterocycles. The highest BCUT2D eigenvalue weighted by molar-refractivity contribution is 5.95. The number of hydrogen-bond donors (Lipinski definition) is 2. The summed E-state index contributed by atoms with van der Waals surface area (Å²) in [6.07, 6.45) is 1.41. The number of nitrogens with one attached hydrogen (secondary N) is 2. The zero-order chi connectivity index (χ0) is 16.8. The van der Waals surface area contributed by atoms with E-state index in [4.69, 9.17) is 4.74 Å². The van der Waals surface area contributed by atoms with Gasteiger partial charge < -0.3 is 15.0 Å². The van der Waals surface area contributed by atoms with E-state index in [1.165, 1.54) is 18.3 Å². The van der Waals surface area contributed by atoms with Crippen molar-refractivity contribution in [1.29, 1.82) is 0 Å². The van der Waals surface area contributed by atoms with E-state index in [2.05, 4.69) is 24.1 Å². The average molecular weight is 314 g/mol. The summed E-state index contributed by atoms with van der Waals surface area (Å²) in [7, 11) is 0. The number of ether oxygens (including phenoxy) is 1. The van der Waals surface area contributed by atoms with E-state index in [0.717, 1.165) is 5.56 Å². The van der Waals surface area contributed by atoms with Crippen LogP contribution in [-0.4, -0.2) is 23.5 Å². The minimum atomic E-state index is -0.836. The SMILES string of the molecule is CC(C)c1ccc(NC(=O)COC(=O)c2ccc[nH]c2=O)cc1. The van der Waals surface area contributed by atoms with Gasteiger partial charge in [-0.2, -0.15) is 0 Å². The van der Waals surface area contributed by atoms with Gasteiger partial charge in [-0.1, -0.05) is 26.0 Å². The van der Waals surface area contributed by atoms with E-state index in [1.54, 1.807) is 12.1 Å². The largest absolute Gasteiger partial charge is 0.452 e. The summed E-state index contributed by atoms with van der Waals surface area (Å²) in [5.41, 5.74) is 1.09. The number of anilines is 1. The van der Waals surface area contributed by atoms with E-state index in [0.29, 0.717) is 11.6 Å². The van der Waals surface area contributed by atoms with Gasteiger partial charge in [-0.3, -0.25) is 9.59 Å². The number of aromatic amines is 1. The highest BCUT2D eigenvalue weighted by Crippen LogP contribution is 2.17. The number of pyridine rings is 1. The lowest BCUT2D eigenvalue weighted by molar-refractivity contribution is -0.119. The van der Waals surface area contributed by atoms with Crippen molar-refractivity contribution in [2.75, 3.05) is 11.9 Å². The third-order valence-electron chi connectivity index (χ3n) is 3.23. The molecule has 6 nitrogen and oxygen atoms in total. The molecule has 1 aromatic carbocycles. The van der Waals surface area contributed by atoms with Crippen LogP contribution in [-0.2, 0) is 9.53 Å². The summed E-state index contributed by atoms with van der Waals surface area (Å²) in [6.45, 7) is 3.70. The lowest BCUT2D eigenvalue weighted by atomic mass is 10.0. The fourth-order valence-corrected chi connectivity index (χ4v) is 1.94. The summed E-state index contributed by atoms with van der Waals surface area (Å²) in [5.74, 6) is -0.898. The minimum Gasteiger partial charge on any atom is -0.452 e. The third-order valence-corrected chi connectivity index (χ3v) is 3.23. The smallest absolute Gasteiger partial charge is 0.344 e. The summed E-state index contributed by atoms with van der Waals surface area (Å²) < 4.78 is 4.83. The fraction of sp³-hybridized carbons (Fsp3) is 0.235. The second-order valence-corrected chi connectivity index (χ2v) is 5.31. The van der Waals surface area contributed by atoms with Crippen LogP contribution in [0.4, 0.5) is 5.69 Å². The molecule has 120 valence electrons. The molecule has 0 aliphatic rings. The lowest BCUT2D eigenvalue weighted by Gasteiger charge is -2.09. The molecule has 0 spiro atoms. The van der Waals surface area contributed by atoms with E-state index in [1.807, 2.05) is 12.1 Å². The van der Waals surface area contributed by atoms with Crippen molar-refractivity contribution in [1.82, 2.24) is 4.98 Å². The number of carbonyl (C=O) groups is 2. The maximum atomic E-state index is 11.8. The van der Waals surface area contributed by atoms with E-state index in [-0.39, 0.29) is 5.56 Å². The van der Waals surface area contributed by atoms with Gasteiger partial charge in [-0.25, -0.2) is 4.79 Å². The van der Waals surface area contributed by atoms with Crippen molar-refractivity contribution in [2.45, 2.75) is 19.8 Å². The van der Waals surface area contributed by atoms with Gasteiger partial charge >= 0.3 is 5.97 Å². The molecule has 1 heterocycles. The van der Waals surface area contributed by atoms with E-state index < -0.39 is 24.0 Å². The Balaban J connectivity index is 1.89. The van der Waals surface area contributed by atoms with Crippen molar-refractivity contribution < 1.29 is 14.3 Å². The first-order chi connectivity index (χ1) is 11.0. The second-order valence-electron chi connectivity index (χ2n) is 5.31. The first-order valence-corrected chi connectivity index (χ1v) is 7.22. The lowest BCUT2D eigenvalue weighted by Crippen LogP contribution is -2.24. The minimum absolute atomic E-state index is 0.137. The number of esters is 1. The van der Waals surface area contributed by atoms with Crippen LogP contribution >= 0.6 is 0 Å². The number of H-pyrrole nitrogens is 1. The van der Waals surface area contributed by atoms with E-state index in [9.17, 15) is 14.4 Å². The first-order valence-electron chi connectivity index (χ1n) is 7.22. The zero-order valence-corrected chi connectivity index (χ0v) is 13.0. The van der Waals surface area contributed by atoms with Crippen molar-refractivity contribution >= 4 is 17.6 Å². The van der Waals surface area contributed by atoms with Crippen LogP contribution in [0.2, 0.25) is 0 Å². The molecule has 0 radical (unpaired) electrons. The molecule has 0 aliphatic heterocycles. The third kappa shape index (κ3) is 4.54. The van der Waals surface area contributed by atoms with Crippen molar-refractivity contribution in [3.8, 4) is 0 Å². The van der Waals surface area contributed by atoms with Crippen LogP contribution in [0.15, 0.2) is 47.4 Å². The molecule has 2 N–H and O–H groups in total. The molecular weight excluding hydrogens is 296 g/mol. The highest BCUT2D eigenvalue weighted by Gasteiger charge is 2.13. The quantitative estimate of drug-likeness (QED) is 0.829. The van der Waals surface area contributed by atoms with Gasteiger partial charge in [-0.15, -0.1) is 0 Å². The van der Waals surface area contributed by atoms with Gasteiger partial charge in [0.2, 0.25) is 0 Å². The molecule has 23 heavy (non-hydrogen) atoms. The van der Waals surface area contributed by atoms with Gasteiger partial charge in [0.1, 0.15) is 5.56 Å². The molecule has 0 aliphatic carbocycles. The molecule has 0 bridgehead atoms. The van der Waals surface area contributed by atoms with E-state index >= 15 is 0 Å². The molecule has 0 atom stereocenters. The van der Waals surface area contributed by atoms with Crippen molar-refractivity contribution in [2.24, 2.45) is 0 Å². The Morgan fingerprint density at radius 3 is 2.48 bits per heavy atom. The Kier molecular flexibility index (Phi) is 5.30. The molecule has 0 unspecified atom stereocenters. The monoisotopic (exact) mass is 314 g/mol. The predicted molar refractivity (Wildman–Crippen MR) is 86.5 cm³/mol. The average Bonchev–Trinajstić information content (AvgIpc) is 2.53. The molecule has 0 saturated carbocycles. The van der Waals surface area contributed by atoms with Crippen molar-refractivity contribution in [3.63, 3.8) is 0 Å². The molecule has 1 amide bonds. The van der Waals surface area contributed by atoms with Gasteiger partial charge in [0.15, 0.2) is 6.61 Å². The van der Waals surface area contributed by atoms with Crippen LogP contribution in [0.5, 0.6) is 0 Å². The molecular formula is C17H18N2O4. The molecule has 2 rings (SSSR count). The Hall–Kier alpha value is -2.89. The molecule has 6 heteroatoms. The van der Waals surface area contributed by atoms with Crippen LogP contribution in [0.1, 0.15) is 35.7 Å². The fourth-order valence-electron chi connectivity index (χ4n) is 1.94. The second kappa shape index (κ2) is 7.40. The Bertz CT molecular complexity index is 748. The number of rotatable bonds is 5. The number of amides is 1. The standard InChI is InChI=1S/C17H18N2O4/c1-11(2)12-5-7-13(8-6-12)19-15(20)10-23-17(22)14-4-3-9-18-16(14)21/h3-9,11H,10H2,1-2H3,(H,18,21)(H,19,20). The number of carbonyl (C=O) groups excluding carboxylic acids is 2. The molecule has 0 saturated heterocycles. The Morgan fingerprint density at radius 1 is 1.17 bits per heavy atom. The highest BCUT2D eigenvalue weighted by atomic mass is 16.5. The summed E-state index contributed by atoms with van der Waals surface area (Å²) in [5, 5.41) is 2.63. The molecule has 2 aromatic rings. The first kappa shape index (κ1) is 16.5. The maximum absolute atomic E-state index is 11.8. The number of hydrogen-bond acceptors (Lipinski definition) is 4. The normalized spacial score (nSPS) is 10.4. The van der Waals surface area contributed by atoms with Gasteiger partial charge in [0.05, 0.1) is 0 Å². The van der Waals surface area contributed by atoms with Crippen LogP contribution in [0, 0.1) is 0 Å². The van der Waals surface area contributed by atoms with Crippen LogP contribution < -0.4 is 10.9 Å². The number of aromatic nitrogens is 1. The Morgan fingerprint density at radius 2 is 1.87 bits per heavy atom. The summed E-state index contributed by atoms with van der Waals surface area (Å²) in [6, 6.07) is 10.3.